The van der Waals surface area contributed by atoms with Crippen LogP contribution in [0.4, 0.5) is 5.69 Å². The molecule has 6 heteroatoms. The van der Waals surface area contributed by atoms with E-state index in [1.165, 1.54) is 0 Å². The van der Waals surface area contributed by atoms with E-state index in [-0.39, 0.29) is 30.0 Å². The standard InChI is InChI=1S/C22H26N2O4/c1-3-24(14-21(26)23-18-11-4-5-13-20(18)28-2)22(27)17-10-6-9-16-15(17)8-7-12-19(16)25/h4-5,7-8,11-13,17,25H,3,6,9-10,14H2,1-2H3,(H,23,26). The highest BCUT2D eigenvalue weighted by atomic mass is 16.5. The number of amides is 2. The summed E-state index contributed by atoms with van der Waals surface area (Å²) in [7, 11) is 1.54. The van der Waals surface area contributed by atoms with Crippen molar-refractivity contribution < 1.29 is 19.4 Å². The van der Waals surface area contributed by atoms with E-state index in [9.17, 15) is 14.7 Å². The number of hydrogen-bond donors (Lipinski definition) is 2. The first-order valence-corrected chi connectivity index (χ1v) is 9.57. The fraction of sp³-hybridized carbons (Fsp3) is 0.364. The molecule has 0 heterocycles. The first-order valence-electron chi connectivity index (χ1n) is 9.57. The Morgan fingerprint density at radius 1 is 1.21 bits per heavy atom. The first-order chi connectivity index (χ1) is 13.5. The average Bonchev–Trinajstić information content (AvgIpc) is 2.72. The second-order valence-electron chi connectivity index (χ2n) is 6.89. The van der Waals surface area contributed by atoms with Crippen LogP contribution in [0.1, 0.15) is 36.8 Å². The molecule has 2 amide bonds. The predicted octanol–water partition coefficient (Wildman–Crippen LogP) is 3.31. The highest BCUT2D eigenvalue weighted by molar-refractivity contribution is 5.96. The minimum absolute atomic E-state index is 0.0297. The number of para-hydroxylation sites is 2. The summed E-state index contributed by atoms with van der Waals surface area (Å²) in [5.41, 5.74) is 2.30. The van der Waals surface area contributed by atoms with Gasteiger partial charge >= 0.3 is 0 Å². The summed E-state index contributed by atoms with van der Waals surface area (Å²) in [6, 6.07) is 12.5. The molecule has 0 aliphatic heterocycles. The molecular formula is C22H26N2O4. The van der Waals surface area contributed by atoms with Gasteiger partial charge in [0.1, 0.15) is 11.5 Å². The van der Waals surface area contributed by atoms with Gasteiger partial charge in [-0.2, -0.15) is 0 Å². The van der Waals surface area contributed by atoms with Gasteiger partial charge in [0, 0.05) is 6.54 Å². The fourth-order valence-corrected chi connectivity index (χ4v) is 3.76. The molecular weight excluding hydrogens is 356 g/mol. The number of carbonyl (C=O) groups excluding carboxylic acids is 2. The third-order valence-corrected chi connectivity index (χ3v) is 5.19. The zero-order valence-electron chi connectivity index (χ0n) is 16.3. The number of nitrogens with zero attached hydrogens (tertiary/aromatic N) is 1. The normalized spacial score (nSPS) is 15.4. The van der Waals surface area contributed by atoms with Crippen molar-refractivity contribution in [3.05, 3.63) is 53.6 Å². The first kappa shape index (κ1) is 19.7. The van der Waals surface area contributed by atoms with Crippen LogP contribution >= 0.6 is 0 Å². The van der Waals surface area contributed by atoms with Crippen molar-refractivity contribution in [1.29, 1.82) is 0 Å². The second kappa shape index (κ2) is 8.78. The van der Waals surface area contributed by atoms with Gasteiger partial charge in [-0.3, -0.25) is 9.59 Å². The molecule has 1 unspecified atom stereocenters. The van der Waals surface area contributed by atoms with Crippen LogP contribution in [0.15, 0.2) is 42.5 Å². The number of nitrogens with one attached hydrogen (secondary N) is 1. The van der Waals surface area contributed by atoms with Gasteiger partial charge in [-0.1, -0.05) is 24.3 Å². The van der Waals surface area contributed by atoms with Crippen LogP contribution in [0.2, 0.25) is 0 Å². The van der Waals surface area contributed by atoms with Gasteiger partial charge in [-0.05, 0) is 55.5 Å². The number of phenolic OH excluding ortho intramolecular Hbond substituents is 1. The van der Waals surface area contributed by atoms with Crippen molar-refractivity contribution in [2.45, 2.75) is 32.1 Å². The van der Waals surface area contributed by atoms with E-state index in [2.05, 4.69) is 5.32 Å². The monoisotopic (exact) mass is 382 g/mol. The molecule has 0 radical (unpaired) electrons. The quantitative estimate of drug-likeness (QED) is 0.803. The second-order valence-corrected chi connectivity index (χ2v) is 6.89. The lowest BCUT2D eigenvalue weighted by atomic mass is 9.81. The Bertz CT molecular complexity index is 865. The van der Waals surface area contributed by atoms with Crippen molar-refractivity contribution in [1.82, 2.24) is 4.90 Å². The Morgan fingerprint density at radius 2 is 2.00 bits per heavy atom. The maximum absolute atomic E-state index is 13.2. The number of benzene rings is 2. The Morgan fingerprint density at radius 3 is 2.75 bits per heavy atom. The third-order valence-electron chi connectivity index (χ3n) is 5.19. The largest absolute Gasteiger partial charge is 0.508 e. The molecule has 0 aromatic heterocycles. The Labute approximate surface area is 165 Å². The van der Waals surface area contributed by atoms with Crippen LogP contribution in [0.25, 0.3) is 0 Å². The number of methoxy groups -OCH3 is 1. The van der Waals surface area contributed by atoms with Gasteiger partial charge in [0.15, 0.2) is 0 Å². The van der Waals surface area contributed by atoms with E-state index in [1.807, 2.05) is 25.1 Å². The van der Waals surface area contributed by atoms with Gasteiger partial charge in [0.2, 0.25) is 11.8 Å². The number of fused-ring (bicyclic) bond motifs is 1. The molecule has 1 aliphatic rings. The Hall–Kier alpha value is -3.02. The van der Waals surface area contributed by atoms with Crippen LogP contribution in [0, 0.1) is 0 Å². The van der Waals surface area contributed by atoms with E-state index in [0.717, 1.165) is 30.4 Å². The number of rotatable bonds is 6. The highest BCUT2D eigenvalue weighted by Gasteiger charge is 2.31. The number of hydrogen-bond acceptors (Lipinski definition) is 4. The molecule has 1 atom stereocenters. The summed E-state index contributed by atoms with van der Waals surface area (Å²) >= 11 is 0. The van der Waals surface area contributed by atoms with E-state index in [4.69, 9.17) is 4.74 Å². The molecule has 1 aliphatic carbocycles. The molecule has 2 N–H and O–H groups in total. The predicted molar refractivity (Wildman–Crippen MR) is 108 cm³/mol. The number of ether oxygens (including phenoxy) is 1. The zero-order valence-corrected chi connectivity index (χ0v) is 16.3. The minimum Gasteiger partial charge on any atom is -0.508 e. The Balaban J connectivity index is 1.73. The smallest absolute Gasteiger partial charge is 0.244 e. The van der Waals surface area contributed by atoms with Crippen LogP contribution in [0.3, 0.4) is 0 Å². The SMILES string of the molecule is CCN(CC(=O)Nc1ccccc1OC)C(=O)C1CCCc2c(O)cccc21. The van der Waals surface area contributed by atoms with E-state index >= 15 is 0 Å². The van der Waals surface area contributed by atoms with Crippen molar-refractivity contribution in [3.8, 4) is 11.5 Å². The van der Waals surface area contributed by atoms with Crippen LogP contribution in [-0.2, 0) is 16.0 Å². The van der Waals surface area contributed by atoms with Crippen LogP contribution in [-0.4, -0.2) is 42.0 Å². The summed E-state index contributed by atoms with van der Waals surface area (Å²) in [5.74, 6) is 0.139. The van der Waals surface area contributed by atoms with Crippen molar-refractivity contribution in [2.75, 3.05) is 25.5 Å². The van der Waals surface area contributed by atoms with Crippen molar-refractivity contribution in [2.24, 2.45) is 0 Å². The number of phenols is 1. The molecule has 0 fully saturated rings. The lowest BCUT2D eigenvalue weighted by Crippen LogP contribution is -2.41. The molecule has 0 spiro atoms. The average molecular weight is 382 g/mol. The van der Waals surface area contributed by atoms with E-state index in [0.29, 0.717) is 18.0 Å². The number of anilines is 1. The van der Waals surface area contributed by atoms with E-state index in [1.54, 1.807) is 36.3 Å². The molecule has 0 bridgehead atoms. The highest BCUT2D eigenvalue weighted by Crippen LogP contribution is 2.37. The molecule has 148 valence electrons. The maximum atomic E-state index is 13.2. The zero-order chi connectivity index (χ0) is 20.1. The number of likely N-dealkylation sites (N-methyl/N-ethyl adjacent to an activating group) is 1. The van der Waals surface area contributed by atoms with Gasteiger partial charge in [-0.25, -0.2) is 0 Å². The molecule has 28 heavy (non-hydrogen) atoms. The summed E-state index contributed by atoms with van der Waals surface area (Å²) in [6.07, 6.45) is 2.33. The van der Waals surface area contributed by atoms with Crippen molar-refractivity contribution in [3.63, 3.8) is 0 Å². The fourth-order valence-electron chi connectivity index (χ4n) is 3.76. The lowest BCUT2D eigenvalue weighted by molar-refractivity contribution is -0.136. The number of carbonyl (C=O) groups is 2. The van der Waals surface area contributed by atoms with Gasteiger partial charge in [0.05, 0.1) is 25.3 Å². The lowest BCUT2D eigenvalue weighted by Gasteiger charge is -2.30. The summed E-state index contributed by atoms with van der Waals surface area (Å²) in [6.45, 7) is 2.27. The van der Waals surface area contributed by atoms with Gasteiger partial charge in [-0.15, -0.1) is 0 Å². The molecule has 0 saturated carbocycles. The molecule has 2 aromatic carbocycles. The minimum atomic E-state index is -0.324. The molecule has 3 rings (SSSR count). The maximum Gasteiger partial charge on any atom is 0.244 e. The summed E-state index contributed by atoms with van der Waals surface area (Å²) < 4.78 is 5.25. The summed E-state index contributed by atoms with van der Waals surface area (Å²) in [5, 5.41) is 12.9. The molecule has 2 aromatic rings. The Kier molecular flexibility index (Phi) is 6.19. The van der Waals surface area contributed by atoms with Crippen LogP contribution < -0.4 is 10.1 Å². The number of aromatic hydroxyl groups is 1. The van der Waals surface area contributed by atoms with E-state index < -0.39 is 0 Å². The molecule has 0 saturated heterocycles. The molecule has 6 nitrogen and oxygen atoms in total. The summed E-state index contributed by atoms with van der Waals surface area (Å²) in [4.78, 5) is 27.3. The van der Waals surface area contributed by atoms with Crippen LogP contribution in [0.5, 0.6) is 11.5 Å². The third kappa shape index (κ3) is 4.11. The van der Waals surface area contributed by atoms with Gasteiger partial charge < -0.3 is 20.1 Å². The van der Waals surface area contributed by atoms with Gasteiger partial charge in [0.25, 0.3) is 0 Å². The van der Waals surface area contributed by atoms with Crippen molar-refractivity contribution >= 4 is 17.5 Å². The topological polar surface area (TPSA) is 78.9 Å².